The molecule has 2 atom stereocenters. The van der Waals surface area contributed by atoms with Crippen LogP contribution in [0.4, 0.5) is 4.39 Å². The third-order valence-electron chi connectivity index (χ3n) is 4.45. The van der Waals surface area contributed by atoms with Crippen molar-refractivity contribution in [1.82, 2.24) is 0 Å². The average Bonchev–Trinajstić information content (AvgIpc) is 2.50. The zero-order valence-electron chi connectivity index (χ0n) is 11.9. The lowest BCUT2D eigenvalue weighted by Gasteiger charge is -2.29. The molecular weight excluding hydrogens is 285 g/mol. The largest absolute Gasteiger partial charge is 0.327 e. The van der Waals surface area contributed by atoms with Gasteiger partial charge in [0.25, 0.3) is 0 Å². The van der Waals surface area contributed by atoms with E-state index in [0.717, 1.165) is 19.3 Å². The Morgan fingerprint density at radius 3 is 2.76 bits per heavy atom. The van der Waals surface area contributed by atoms with E-state index in [-0.39, 0.29) is 11.9 Å². The zero-order valence-corrected chi connectivity index (χ0v) is 12.6. The Bertz CT molecular complexity index is 641. The van der Waals surface area contributed by atoms with Crippen molar-refractivity contribution in [2.45, 2.75) is 31.7 Å². The molecule has 0 aliphatic heterocycles. The molecule has 110 valence electrons. The van der Waals surface area contributed by atoms with Crippen molar-refractivity contribution in [1.29, 1.82) is 0 Å². The smallest absolute Gasteiger partial charge is 0.126 e. The van der Waals surface area contributed by atoms with Gasteiger partial charge in [-0.2, -0.15) is 0 Å². The van der Waals surface area contributed by atoms with Crippen LogP contribution in [0, 0.1) is 11.7 Å². The summed E-state index contributed by atoms with van der Waals surface area (Å²) in [5.41, 5.74) is 9.78. The van der Waals surface area contributed by atoms with Crippen molar-refractivity contribution >= 4 is 11.6 Å². The molecule has 0 fully saturated rings. The number of aryl methyl sites for hydroxylation is 1. The first-order chi connectivity index (χ1) is 10.1. The SMILES string of the molecule is NC(Cc1cc(Cl)ccc1F)C1CCc2ccccc2C1. The van der Waals surface area contributed by atoms with Crippen LogP contribution in [0.3, 0.4) is 0 Å². The molecule has 2 aromatic carbocycles. The molecule has 0 saturated carbocycles. The van der Waals surface area contributed by atoms with Crippen LogP contribution in [0.5, 0.6) is 0 Å². The summed E-state index contributed by atoms with van der Waals surface area (Å²) in [5, 5.41) is 0.563. The highest BCUT2D eigenvalue weighted by Crippen LogP contribution is 2.28. The lowest BCUT2D eigenvalue weighted by atomic mass is 9.79. The molecule has 0 saturated heterocycles. The zero-order chi connectivity index (χ0) is 14.8. The van der Waals surface area contributed by atoms with E-state index >= 15 is 0 Å². The van der Waals surface area contributed by atoms with Gasteiger partial charge in [0.2, 0.25) is 0 Å². The Morgan fingerprint density at radius 2 is 1.95 bits per heavy atom. The van der Waals surface area contributed by atoms with Crippen LogP contribution in [-0.2, 0) is 19.3 Å². The highest BCUT2D eigenvalue weighted by atomic mass is 35.5. The van der Waals surface area contributed by atoms with Gasteiger partial charge in [-0.25, -0.2) is 4.39 Å². The van der Waals surface area contributed by atoms with E-state index in [9.17, 15) is 4.39 Å². The third kappa shape index (κ3) is 3.28. The second-order valence-corrected chi connectivity index (χ2v) is 6.31. The highest BCUT2D eigenvalue weighted by molar-refractivity contribution is 6.30. The molecular formula is C18H19ClFN. The van der Waals surface area contributed by atoms with Gasteiger partial charge in [-0.05, 0) is 66.5 Å². The summed E-state index contributed by atoms with van der Waals surface area (Å²) in [5.74, 6) is 0.185. The van der Waals surface area contributed by atoms with Crippen LogP contribution < -0.4 is 5.73 Å². The van der Waals surface area contributed by atoms with E-state index in [1.807, 2.05) is 0 Å². The summed E-state index contributed by atoms with van der Waals surface area (Å²) in [6.07, 6.45) is 3.66. The lowest BCUT2D eigenvalue weighted by Crippen LogP contribution is -2.36. The molecule has 2 unspecified atom stereocenters. The van der Waals surface area contributed by atoms with E-state index in [0.29, 0.717) is 22.9 Å². The van der Waals surface area contributed by atoms with Crippen molar-refractivity contribution in [3.8, 4) is 0 Å². The fourth-order valence-corrected chi connectivity index (χ4v) is 3.41. The second-order valence-electron chi connectivity index (χ2n) is 5.88. The summed E-state index contributed by atoms with van der Waals surface area (Å²) < 4.78 is 13.8. The molecule has 1 aliphatic rings. The molecule has 1 aliphatic carbocycles. The minimum Gasteiger partial charge on any atom is -0.327 e. The Morgan fingerprint density at radius 1 is 1.19 bits per heavy atom. The first-order valence-electron chi connectivity index (χ1n) is 7.40. The monoisotopic (exact) mass is 303 g/mol. The van der Waals surface area contributed by atoms with Crippen LogP contribution >= 0.6 is 11.6 Å². The Labute approximate surface area is 129 Å². The number of rotatable bonds is 3. The number of benzene rings is 2. The van der Waals surface area contributed by atoms with E-state index in [1.54, 1.807) is 12.1 Å². The lowest BCUT2D eigenvalue weighted by molar-refractivity contribution is 0.369. The van der Waals surface area contributed by atoms with E-state index in [2.05, 4.69) is 24.3 Å². The maximum atomic E-state index is 13.8. The first kappa shape index (κ1) is 14.6. The summed E-state index contributed by atoms with van der Waals surface area (Å²) in [6.45, 7) is 0. The summed E-state index contributed by atoms with van der Waals surface area (Å²) in [6, 6.07) is 13.2. The Hall–Kier alpha value is -1.38. The van der Waals surface area contributed by atoms with Gasteiger partial charge in [0.1, 0.15) is 5.82 Å². The Balaban J connectivity index is 1.72. The summed E-state index contributed by atoms with van der Waals surface area (Å²) in [4.78, 5) is 0. The standard InChI is InChI=1S/C18H19ClFN/c19-16-7-8-17(20)15(10-16)11-18(21)14-6-5-12-3-1-2-4-13(12)9-14/h1-4,7-8,10,14,18H,5-6,9,11,21H2. The summed E-state index contributed by atoms with van der Waals surface area (Å²) in [7, 11) is 0. The van der Waals surface area contributed by atoms with Crippen molar-refractivity contribution in [3.05, 3.63) is 70.0 Å². The van der Waals surface area contributed by atoms with Crippen LogP contribution in [0.1, 0.15) is 23.1 Å². The van der Waals surface area contributed by atoms with Gasteiger partial charge in [-0.15, -0.1) is 0 Å². The number of fused-ring (bicyclic) bond motifs is 1. The van der Waals surface area contributed by atoms with Gasteiger partial charge in [0.05, 0.1) is 0 Å². The number of nitrogens with two attached hydrogens (primary N) is 1. The number of halogens is 2. The molecule has 0 heterocycles. The highest BCUT2D eigenvalue weighted by Gasteiger charge is 2.24. The molecule has 2 N–H and O–H groups in total. The van der Waals surface area contributed by atoms with Gasteiger partial charge in [0, 0.05) is 11.1 Å². The predicted molar refractivity (Wildman–Crippen MR) is 85.0 cm³/mol. The van der Waals surface area contributed by atoms with Crippen molar-refractivity contribution in [2.75, 3.05) is 0 Å². The maximum absolute atomic E-state index is 13.8. The van der Waals surface area contributed by atoms with Crippen LogP contribution in [0.2, 0.25) is 5.02 Å². The summed E-state index contributed by atoms with van der Waals surface area (Å²) >= 11 is 5.95. The van der Waals surface area contributed by atoms with E-state index < -0.39 is 0 Å². The molecule has 2 aromatic rings. The minimum atomic E-state index is -0.217. The van der Waals surface area contributed by atoms with Crippen molar-refractivity contribution in [2.24, 2.45) is 11.7 Å². The van der Waals surface area contributed by atoms with Crippen LogP contribution in [-0.4, -0.2) is 6.04 Å². The molecule has 1 nitrogen and oxygen atoms in total. The fourth-order valence-electron chi connectivity index (χ4n) is 3.21. The molecule has 3 heteroatoms. The first-order valence-corrected chi connectivity index (χ1v) is 7.77. The molecule has 0 radical (unpaired) electrons. The van der Waals surface area contributed by atoms with Crippen LogP contribution in [0.25, 0.3) is 0 Å². The normalized spacial score (nSPS) is 19.1. The predicted octanol–water partition coefficient (Wildman–Crippen LogP) is 4.15. The van der Waals surface area contributed by atoms with Crippen molar-refractivity contribution < 1.29 is 4.39 Å². The van der Waals surface area contributed by atoms with E-state index in [1.165, 1.54) is 17.2 Å². The number of hydrogen-bond donors (Lipinski definition) is 1. The second kappa shape index (κ2) is 6.17. The average molecular weight is 304 g/mol. The maximum Gasteiger partial charge on any atom is 0.126 e. The van der Waals surface area contributed by atoms with Crippen molar-refractivity contribution in [3.63, 3.8) is 0 Å². The van der Waals surface area contributed by atoms with E-state index in [4.69, 9.17) is 17.3 Å². The minimum absolute atomic E-state index is 0.0358. The molecule has 0 spiro atoms. The third-order valence-corrected chi connectivity index (χ3v) is 4.69. The fraction of sp³-hybridized carbons (Fsp3) is 0.333. The molecule has 0 bridgehead atoms. The molecule has 3 rings (SSSR count). The Kier molecular flexibility index (Phi) is 4.27. The van der Waals surface area contributed by atoms with Gasteiger partial charge in [0.15, 0.2) is 0 Å². The number of hydrogen-bond acceptors (Lipinski definition) is 1. The molecule has 0 amide bonds. The molecule has 0 aromatic heterocycles. The quantitative estimate of drug-likeness (QED) is 0.905. The van der Waals surface area contributed by atoms with Gasteiger partial charge in [-0.3, -0.25) is 0 Å². The van der Waals surface area contributed by atoms with Gasteiger partial charge >= 0.3 is 0 Å². The van der Waals surface area contributed by atoms with Gasteiger partial charge in [-0.1, -0.05) is 35.9 Å². The molecule has 21 heavy (non-hydrogen) atoms. The van der Waals surface area contributed by atoms with Crippen LogP contribution in [0.15, 0.2) is 42.5 Å². The van der Waals surface area contributed by atoms with Gasteiger partial charge < -0.3 is 5.73 Å². The topological polar surface area (TPSA) is 26.0 Å².